The van der Waals surface area contributed by atoms with E-state index < -0.39 is 0 Å². The molecule has 0 aliphatic carbocycles. The van der Waals surface area contributed by atoms with Crippen molar-refractivity contribution in [2.24, 2.45) is 5.16 Å². The molecule has 1 aromatic rings. The van der Waals surface area contributed by atoms with Gasteiger partial charge in [-0.05, 0) is 49.8 Å². The molecule has 0 radical (unpaired) electrons. The third-order valence-corrected chi connectivity index (χ3v) is 2.99. The van der Waals surface area contributed by atoms with E-state index >= 15 is 0 Å². The standard InChI is InChI=1S/C14H22N2O2/c1-4-16(5-2)10-11-18-14-8-6-13(7-9-14)12(3)15-17/h6-9,17H,4-5,10-11H2,1-3H3/b15-12-. The summed E-state index contributed by atoms with van der Waals surface area (Å²) in [6.45, 7) is 9.77. The van der Waals surface area contributed by atoms with Crippen molar-refractivity contribution in [3.63, 3.8) is 0 Å². The van der Waals surface area contributed by atoms with Gasteiger partial charge in [0.05, 0.1) is 5.71 Å². The van der Waals surface area contributed by atoms with E-state index in [0.29, 0.717) is 12.3 Å². The van der Waals surface area contributed by atoms with Gasteiger partial charge in [-0.15, -0.1) is 0 Å². The zero-order chi connectivity index (χ0) is 13.4. The predicted octanol–water partition coefficient (Wildman–Crippen LogP) is 2.61. The van der Waals surface area contributed by atoms with Gasteiger partial charge in [-0.1, -0.05) is 19.0 Å². The van der Waals surface area contributed by atoms with Gasteiger partial charge >= 0.3 is 0 Å². The third kappa shape index (κ3) is 4.37. The van der Waals surface area contributed by atoms with Crippen molar-refractivity contribution in [3.05, 3.63) is 29.8 Å². The van der Waals surface area contributed by atoms with Gasteiger partial charge in [0.1, 0.15) is 12.4 Å². The Bertz CT molecular complexity index is 370. The van der Waals surface area contributed by atoms with E-state index in [1.54, 1.807) is 6.92 Å². The van der Waals surface area contributed by atoms with Gasteiger partial charge in [-0.3, -0.25) is 0 Å². The van der Waals surface area contributed by atoms with Crippen LogP contribution >= 0.6 is 0 Å². The van der Waals surface area contributed by atoms with Gasteiger partial charge in [0.2, 0.25) is 0 Å². The summed E-state index contributed by atoms with van der Waals surface area (Å²) < 4.78 is 5.66. The van der Waals surface area contributed by atoms with Crippen molar-refractivity contribution >= 4 is 5.71 Å². The Kier molecular flexibility index (Phi) is 6.22. The van der Waals surface area contributed by atoms with Crippen molar-refractivity contribution in [2.45, 2.75) is 20.8 Å². The molecule has 0 bridgehead atoms. The van der Waals surface area contributed by atoms with E-state index in [4.69, 9.17) is 9.94 Å². The fourth-order valence-electron chi connectivity index (χ4n) is 1.68. The Morgan fingerprint density at radius 2 is 1.83 bits per heavy atom. The average molecular weight is 250 g/mol. The molecule has 0 amide bonds. The summed E-state index contributed by atoms with van der Waals surface area (Å²) in [5.41, 5.74) is 1.50. The van der Waals surface area contributed by atoms with Crippen LogP contribution in [0.4, 0.5) is 0 Å². The lowest BCUT2D eigenvalue weighted by molar-refractivity contribution is 0.223. The molecule has 100 valence electrons. The molecule has 0 heterocycles. The van der Waals surface area contributed by atoms with Crippen LogP contribution in [0.5, 0.6) is 5.75 Å². The third-order valence-electron chi connectivity index (χ3n) is 2.99. The molecule has 1 aromatic carbocycles. The van der Waals surface area contributed by atoms with E-state index in [2.05, 4.69) is 23.9 Å². The number of hydrogen-bond donors (Lipinski definition) is 1. The highest BCUT2D eigenvalue weighted by molar-refractivity contribution is 5.98. The van der Waals surface area contributed by atoms with Crippen LogP contribution in [0.15, 0.2) is 29.4 Å². The molecule has 1 rings (SSSR count). The quantitative estimate of drug-likeness (QED) is 0.459. The van der Waals surface area contributed by atoms with Gasteiger partial charge in [-0.25, -0.2) is 0 Å². The maximum atomic E-state index is 8.67. The van der Waals surface area contributed by atoms with Crippen LogP contribution < -0.4 is 4.74 Å². The molecule has 18 heavy (non-hydrogen) atoms. The lowest BCUT2D eigenvalue weighted by Gasteiger charge is -2.18. The van der Waals surface area contributed by atoms with Crippen LogP contribution in [0.3, 0.4) is 0 Å². The molecule has 0 spiro atoms. The van der Waals surface area contributed by atoms with E-state index in [1.165, 1.54) is 0 Å². The minimum absolute atomic E-state index is 0.602. The molecule has 0 aromatic heterocycles. The lowest BCUT2D eigenvalue weighted by atomic mass is 10.1. The molecule has 0 atom stereocenters. The first-order chi connectivity index (χ1) is 8.71. The van der Waals surface area contributed by atoms with E-state index in [1.807, 2.05) is 24.3 Å². The molecule has 0 aliphatic heterocycles. The molecule has 0 unspecified atom stereocenters. The zero-order valence-corrected chi connectivity index (χ0v) is 11.4. The molecule has 4 heteroatoms. The Balaban J connectivity index is 2.44. The maximum absolute atomic E-state index is 8.67. The second-order valence-corrected chi connectivity index (χ2v) is 4.09. The van der Waals surface area contributed by atoms with Crippen LogP contribution in [0.1, 0.15) is 26.3 Å². The molecule has 0 aliphatic rings. The zero-order valence-electron chi connectivity index (χ0n) is 11.4. The molecule has 0 fully saturated rings. The minimum atomic E-state index is 0.602. The van der Waals surface area contributed by atoms with Gasteiger partial charge in [0, 0.05) is 6.54 Å². The highest BCUT2D eigenvalue weighted by atomic mass is 16.5. The first-order valence-corrected chi connectivity index (χ1v) is 6.35. The number of ether oxygens (including phenoxy) is 1. The Hall–Kier alpha value is -1.55. The number of likely N-dealkylation sites (N-methyl/N-ethyl adjacent to an activating group) is 1. The van der Waals surface area contributed by atoms with E-state index in [-0.39, 0.29) is 0 Å². The molecule has 4 nitrogen and oxygen atoms in total. The fraction of sp³-hybridized carbons (Fsp3) is 0.500. The topological polar surface area (TPSA) is 45.1 Å². The van der Waals surface area contributed by atoms with Crippen molar-refractivity contribution in [3.8, 4) is 5.75 Å². The summed E-state index contributed by atoms with van der Waals surface area (Å²) in [6.07, 6.45) is 0. The van der Waals surface area contributed by atoms with Crippen LogP contribution in [-0.4, -0.2) is 42.1 Å². The van der Waals surface area contributed by atoms with Crippen molar-refractivity contribution in [2.75, 3.05) is 26.2 Å². The highest BCUT2D eigenvalue weighted by Gasteiger charge is 2.01. The maximum Gasteiger partial charge on any atom is 0.119 e. The van der Waals surface area contributed by atoms with Crippen LogP contribution in [-0.2, 0) is 0 Å². The van der Waals surface area contributed by atoms with Gasteiger partial charge in [0.15, 0.2) is 0 Å². The van der Waals surface area contributed by atoms with Crippen LogP contribution in [0.25, 0.3) is 0 Å². The molecule has 0 saturated carbocycles. The summed E-state index contributed by atoms with van der Waals surface area (Å²) in [5.74, 6) is 0.844. The lowest BCUT2D eigenvalue weighted by Crippen LogP contribution is -2.27. The van der Waals surface area contributed by atoms with Gasteiger partial charge in [-0.2, -0.15) is 0 Å². The number of oxime groups is 1. The summed E-state index contributed by atoms with van der Waals surface area (Å²) >= 11 is 0. The summed E-state index contributed by atoms with van der Waals surface area (Å²) in [6, 6.07) is 7.57. The fourth-order valence-corrected chi connectivity index (χ4v) is 1.68. The summed E-state index contributed by atoms with van der Waals surface area (Å²) in [5, 5.41) is 11.8. The smallest absolute Gasteiger partial charge is 0.119 e. The summed E-state index contributed by atoms with van der Waals surface area (Å²) in [4.78, 5) is 2.32. The van der Waals surface area contributed by atoms with Crippen molar-refractivity contribution in [1.29, 1.82) is 0 Å². The summed E-state index contributed by atoms with van der Waals surface area (Å²) in [7, 11) is 0. The van der Waals surface area contributed by atoms with Gasteiger partial charge in [0.25, 0.3) is 0 Å². The monoisotopic (exact) mass is 250 g/mol. The molecular formula is C14H22N2O2. The van der Waals surface area contributed by atoms with Crippen molar-refractivity contribution < 1.29 is 9.94 Å². The SMILES string of the molecule is CCN(CC)CCOc1ccc(/C(C)=N\O)cc1. The van der Waals surface area contributed by atoms with Gasteiger partial charge < -0.3 is 14.8 Å². The molecule has 0 saturated heterocycles. The average Bonchev–Trinajstić information content (AvgIpc) is 2.43. The van der Waals surface area contributed by atoms with E-state index in [0.717, 1.165) is 30.9 Å². The normalized spacial score (nSPS) is 11.9. The van der Waals surface area contributed by atoms with Crippen LogP contribution in [0, 0.1) is 0 Å². The Morgan fingerprint density at radius 3 is 2.33 bits per heavy atom. The first kappa shape index (κ1) is 14.5. The number of rotatable bonds is 7. The largest absolute Gasteiger partial charge is 0.492 e. The van der Waals surface area contributed by atoms with Crippen molar-refractivity contribution in [1.82, 2.24) is 4.90 Å². The first-order valence-electron chi connectivity index (χ1n) is 6.35. The predicted molar refractivity (Wildman–Crippen MR) is 73.7 cm³/mol. The molecular weight excluding hydrogens is 228 g/mol. The number of benzene rings is 1. The Labute approximate surface area is 109 Å². The Morgan fingerprint density at radius 1 is 1.22 bits per heavy atom. The molecule has 1 N–H and O–H groups in total. The highest BCUT2D eigenvalue weighted by Crippen LogP contribution is 2.12. The number of hydrogen-bond acceptors (Lipinski definition) is 4. The second-order valence-electron chi connectivity index (χ2n) is 4.09. The van der Waals surface area contributed by atoms with E-state index in [9.17, 15) is 0 Å². The minimum Gasteiger partial charge on any atom is -0.492 e. The van der Waals surface area contributed by atoms with Crippen LogP contribution in [0.2, 0.25) is 0 Å². The number of nitrogens with zero attached hydrogens (tertiary/aromatic N) is 2. The second kappa shape index (κ2) is 7.71.